The Labute approximate surface area is 124 Å². The highest BCUT2D eigenvalue weighted by Gasteiger charge is 2.35. The smallest absolute Gasteiger partial charge is 0.322 e. The van der Waals surface area contributed by atoms with Crippen molar-refractivity contribution < 1.29 is 14.3 Å². The topological polar surface area (TPSA) is 70.7 Å². The van der Waals surface area contributed by atoms with Gasteiger partial charge in [-0.2, -0.15) is 0 Å². The van der Waals surface area contributed by atoms with Gasteiger partial charge in [-0.3, -0.25) is 4.79 Å². The van der Waals surface area contributed by atoms with E-state index >= 15 is 0 Å². The van der Waals surface area contributed by atoms with Gasteiger partial charge in [-0.1, -0.05) is 19.9 Å². The van der Waals surface area contributed by atoms with Crippen LogP contribution in [0.25, 0.3) is 0 Å². The van der Waals surface area contributed by atoms with Crippen LogP contribution in [-0.4, -0.2) is 43.1 Å². The molecule has 3 amide bonds. The lowest BCUT2D eigenvalue weighted by molar-refractivity contribution is -0.129. The lowest BCUT2D eigenvalue weighted by Crippen LogP contribution is -2.60. The zero-order valence-corrected chi connectivity index (χ0v) is 12.6. The number of carbonyl (C=O) groups is 2. The van der Waals surface area contributed by atoms with Crippen LogP contribution in [0.1, 0.15) is 13.8 Å². The van der Waals surface area contributed by atoms with Crippen molar-refractivity contribution in [3.05, 3.63) is 24.3 Å². The van der Waals surface area contributed by atoms with Gasteiger partial charge in [0, 0.05) is 24.8 Å². The molecule has 2 rings (SSSR count). The zero-order valence-electron chi connectivity index (χ0n) is 12.6. The number of anilines is 1. The van der Waals surface area contributed by atoms with Crippen molar-refractivity contribution in [3.63, 3.8) is 0 Å². The van der Waals surface area contributed by atoms with Gasteiger partial charge in [0.15, 0.2) is 0 Å². The van der Waals surface area contributed by atoms with Crippen molar-refractivity contribution in [2.24, 2.45) is 5.92 Å². The maximum atomic E-state index is 12.4. The number of hydrogen-bond donors (Lipinski definition) is 2. The monoisotopic (exact) mass is 291 g/mol. The van der Waals surface area contributed by atoms with E-state index in [-0.39, 0.29) is 17.9 Å². The van der Waals surface area contributed by atoms with E-state index < -0.39 is 6.04 Å². The van der Waals surface area contributed by atoms with Gasteiger partial charge in [0.1, 0.15) is 11.8 Å². The summed E-state index contributed by atoms with van der Waals surface area (Å²) in [4.78, 5) is 26.0. The van der Waals surface area contributed by atoms with E-state index in [0.29, 0.717) is 24.5 Å². The Bertz CT molecular complexity index is 531. The molecule has 0 aliphatic carbocycles. The summed E-state index contributed by atoms with van der Waals surface area (Å²) in [5.74, 6) is 0.628. The first-order valence-corrected chi connectivity index (χ1v) is 7.02. The van der Waals surface area contributed by atoms with E-state index in [1.165, 1.54) is 0 Å². The Hall–Kier alpha value is -2.24. The van der Waals surface area contributed by atoms with Crippen LogP contribution in [0.4, 0.5) is 10.5 Å². The van der Waals surface area contributed by atoms with E-state index in [4.69, 9.17) is 4.74 Å². The normalized spacial score (nSPS) is 18.4. The van der Waals surface area contributed by atoms with Crippen LogP contribution in [0.2, 0.25) is 0 Å². The van der Waals surface area contributed by atoms with Crippen LogP contribution in [0.15, 0.2) is 24.3 Å². The maximum absolute atomic E-state index is 12.4. The number of hydrogen-bond acceptors (Lipinski definition) is 3. The number of methoxy groups -OCH3 is 1. The summed E-state index contributed by atoms with van der Waals surface area (Å²) in [5, 5.41) is 5.62. The third kappa shape index (κ3) is 3.45. The molecule has 1 aliphatic heterocycles. The third-order valence-electron chi connectivity index (χ3n) is 3.47. The van der Waals surface area contributed by atoms with Gasteiger partial charge in [-0.15, -0.1) is 0 Å². The molecule has 0 bridgehead atoms. The summed E-state index contributed by atoms with van der Waals surface area (Å²) < 4.78 is 5.13. The largest absolute Gasteiger partial charge is 0.497 e. The average molecular weight is 291 g/mol. The molecule has 0 radical (unpaired) electrons. The van der Waals surface area contributed by atoms with E-state index in [2.05, 4.69) is 10.6 Å². The number of nitrogens with zero attached hydrogens (tertiary/aromatic N) is 1. The van der Waals surface area contributed by atoms with Crippen LogP contribution < -0.4 is 15.4 Å². The second kappa shape index (κ2) is 6.47. The number of rotatable bonds is 3. The maximum Gasteiger partial charge on any atom is 0.322 e. The van der Waals surface area contributed by atoms with Crippen LogP contribution in [0.5, 0.6) is 5.75 Å². The highest BCUT2D eigenvalue weighted by atomic mass is 16.5. The third-order valence-corrected chi connectivity index (χ3v) is 3.47. The number of amides is 3. The summed E-state index contributed by atoms with van der Waals surface area (Å²) in [5.41, 5.74) is 0.646. The Kier molecular flexibility index (Phi) is 4.67. The molecule has 1 aliphatic rings. The molecule has 0 saturated carbocycles. The molecule has 21 heavy (non-hydrogen) atoms. The lowest BCUT2D eigenvalue weighted by Gasteiger charge is -2.37. The molecule has 0 unspecified atom stereocenters. The number of urea groups is 1. The van der Waals surface area contributed by atoms with Crippen LogP contribution in [-0.2, 0) is 4.79 Å². The van der Waals surface area contributed by atoms with Crippen molar-refractivity contribution in [1.82, 2.24) is 10.2 Å². The van der Waals surface area contributed by atoms with Gasteiger partial charge < -0.3 is 20.3 Å². The predicted octanol–water partition coefficient (Wildman–Crippen LogP) is 1.68. The Balaban J connectivity index is 2.12. The van der Waals surface area contributed by atoms with E-state index in [1.54, 1.807) is 36.3 Å². The molecule has 1 heterocycles. The molecule has 1 aromatic carbocycles. The van der Waals surface area contributed by atoms with E-state index in [0.717, 1.165) is 0 Å². The highest BCUT2D eigenvalue weighted by molar-refractivity contribution is 5.94. The number of ether oxygens (including phenoxy) is 1. The fraction of sp³-hybridized carbons (Fsp3) is 0.467. The van der Waals surface area contributed by atoms with Crippen LogP contribution in [0.3, 0.4) is 0 Å². The van der Waals surface area contributed by atoms with E-state index in [1.807, 2.05) is 13.8 Å². The quantitative estimate of drug-likeness (QED) is 0.890. The first-order chi connectivity index (χ1) is 10.0. The molecule has 1 saturated heterocycles. The summed E-state index contributed by atoms with van der Waals surface area (Å²) >= 11 is 0. The van der Waals surface area contributed by atoms with Crippen LogP contribution in [0, 0.1) is 5.92 Å². The molecular formula is C15H21N3O3. The van der Waals surface area contributed by atoms with Crippen molar-refractivity contribution in [3.8, 4) is 5.75 Å². The number of carbonyl (C=O) groups excluding carboxylic acids is 2. The van der Waals surface area contributed by atoms with Crippen molar-refractivity contribution in [2.45, 2.75) is 19.9 Å². The molecule has 6 nitrogen and oxygen atoms in total. The van der Waals surface area contributed by atoms with Gasteiger partial charge in [0.05, 0.1) is 7.11 Å². The Morgan fingerprint density at radius 1 is 1.48 bits per heavy atom. The predicted molar refractivity (Wildman–Crippen MR) is 80.4 cm³/mol. The number of benzene rings is 1. The van der Waals surface area contributed by atoms with Gasteiger partial charge in [0.25, 0.3) is 0 Å². The lowest BCUT2D eigenvalue weighted by atomic mass is 10.00. The van der Waals surface area contributed by atoms with Crippen molar-refractivity contribution in [1.29, 1.82) is 0 Å². The molecule has 2 N–H and O–H groups in total. The van der Waals surface area contributed by atoms with E-state index in [9.17, 15) is 9.59 Å². The molecular weight excluding hydrogens is 270 g/mol. The molecule has 1 fully saturated rings. The summed E-state index contributed by atoms with van der Waals surface area (Å²) in [6.07, 6.45) is 0. The molecule has 6 heteroatoms. The summed E-state index contributed by atoms with van der Waals surface area (Å²) in [6, 6.07) is 6.43. The highest BCUT2D eigenvalue weighted by Crippen LogP contribution is 2.19. The molecule has 1 aromatic rings. The zero-order chi connectivity index (χ0) is 15.4. The SMILES string of the molecule is COc1cccc(NC(=O)N2CCNC(=O)[C@H]2C(C)C)c1. The minimum atomic E-state index is -0.440. The average Bonchev–Trinajstić information content (AvgIpc) is 2.46. The summed E-state index contributed by atoms with van der Waals surface area (Å²) in [7, 11) is 1.57. The fourth-order valence-corrected chi connectivity index (χ4v) is 2.47. The second-order valence-electron chi connectivity index (χ2n) is 5.34. The molecule has 0 aromatic heterocycles. The fourth-order valence-electron chi connectivity index (χ4n) is 2.47. The Morgan fingerprint density at radius 2 is 2.24 bits per heavy atom. The standard InChI is InChI=1S/C15H21N3O3/c1-10(2)13-14(19)16-7-8-18(13)15(20)17-11-5-4-6-12(9-11)21-3/h4-6,9-10,13H,7-8H2,1-3H3,(H,16,19)(H,17,20)/t13-/m1/s1. The van der Waals surface area contributed by atoms with Crippen molar-refractivity contribution >= 4 is 17.6 Å². The summed E-state index contributed by atoms with van der Waals surface area (Å²) in [6.45, 7) is 4.85. The number of piperazine rings is 1. The minimum Gasteiger partial charge on any atom is -0.497 e. The van der Waals surface area contributed by atoms with Crippen LogP contribution >= 0.6 is 0 Å². The van der Waals surface area contributed by atoms with Crippen molar-refractivity contribution in [2.75, 3.05) is 25.5 Å². The van der Waals surface area contributed by atoms with Gasteiger partial charge in [0.2, 0.25) is 5.91 Å². The molecule has 1 atom stereocenters. The van der Waals surface area contributed by atoms with Gasteiger partial charge in [-0.25, -0.2) is 4.79 Å². The Morgan fingerprint density at radius 3 is 2.90 bits per heavy atom. The first-order valence-electron chi connectivity index (χ1n) is 7.02. The second-order valence-corrected chi connectivity index (χ2v) is 5.34. The minimum absolute atomic E-state index is 0.0568. The van der Waals surface area contributed by atoms with Gasteiger partial charge >= 0.3 is 6.03 Å². The van der Waals surface area contributed by atoms with Gasteiger partial charge in [-0.05, 0) is 18.1 Å². The first kappa shape index (κ1) is 15.2. The molecule has 0 spiro atoms. The number of nitrogens with one attached hydrogen (secondary N) is 2. The molecule has 114 valence electrons.